The topological polar surface area (TPSA) is 68.3 Å². The van der Waals surface area contributed by atoms with Crippen LogP contribution in [0.25, 0.3) is 0 Å². The van der Waals surface area contributed by atoms with Gasteiger partial charge in [0.15, 0.2) is 18.1 Å². The van der Waals surface area contributed by atoms with Gasteiger partial charge in [-0.05, 0) is 55.7 Å². The van der Waals surface area contributed by atoms with Gasteiger partial charge in [0.2, 0.25) is 0 Å². The van der Waals surface area contributed by atoms with E-state index >= 15 is 0 Å². The molecule has 0 unspecified atom stereocenters. The van der Waals surface area contributed by atoms with Crippen LogP contribution in [0.2, 0.25) is 0 Å². The number of halogens is 1. The van der Waals surface area contributed by atoms with Crippen molar-refractivity contribution >= 4 is 11.8 Å². The first-order chi connectivity index (χ1) is 16.0. The molecular weight excluding hydrogens is 427 g/mol. The number of ether oxygens (including phenoxy) is 3. The van der Waals surface area contributed by atoms with Gasteiger partial charge in [-0.3, -0.25) is 9.59 Å². The van der Waals surface area contributed by atoms with Gasteiger partial charge in [-0.2, -0.15) is 0 Å². The molecule has 1 saturated heterocycles. The molecule has 176 valence electrons. The molecule has 0 aromatic heterocycles. The minimum absolute atomic E-state index is 0.105. The van der Waals surface area contributed by atoms with E-state index in [1.807, 2.05) is 11.8 Å². The van der Waals surface area contributed by atoms with Gasteiger partial charge in [-0.1, -0.05) is 12.1 Å². The summed E-state index contributed by atoms with van der Waals surface area (Å²) in [5.41, 5.74) is 1.36. The van der Waals surface area contributed by atoms with E-state index in [9.17, 15) is 14.0 Å². The van der Waals surface area contributed by atoms with Gasteiger partial charge >= 0.3 is 0 Å². The summed E-state index contributed by atoms with van der Waals surface area (Å²) >= 11 is 0. The average Bonchev–Trinajstić information content (AvgIpc) is 3.68. The summed E-state index contributed by atoms with van der Waals surface area (Å²) in [6.45, 7) is 4.73. The molecule has 33 heavy (non-hydrogen) atoms. The lowest BCUT2D eigenvalue weighted by molar-refractivity contribution is -0.137. The molecule has 2 fully saturated rings. The predicted molar refractivity (Wildman–Crippen MR) is 120 cm³/mol. The number of rotatable bonds is 9. The molecule has 7 nitrogen and oxygen atoms in total. The van der Waals surface area contributed by atoms with Crippen LogP contribution in [-0.4, -0.2) is 67.2 Å². The van der Waals surface area contributed by atoms with Crippen molar-refractivity contribution in [3.63, 3.8) is 0 Å². The van der Waals surface area contributed by atoms with Gasteiger partial charge in [0.25, 0.3) is 11.8 Å². The third kappa shape index (κ3) is 6.01. The first-order valence-electron chi connectivity index (χ1n) is 11.4. The van der Waals surface area contributed by atoms with Crippen molar-refractivity contribution in [3.8, 4) is 11.5 Å². The van der Waals surface area contributed by atoms with Gasteiger partial charge in [-0.15, -0.1) is 0 Å². The van der Waals surface area contributed by atoms with Gasteiger partial charge in [0.1, 0.15) is 5.82 Å². The Hall–Kier alpha value is -3.13. The van der Waals surface area contributed by atoms with Crippen LogP contribution in [0.3, 0.4) is 0 Å². The van der Waals surface area contributed by atoms with Crippen molar-refractivity contribution in [3.05, 3.63) is 59.4 Å². The van der Waals surface area contributed by atoms with Crippen LogP contribution in [0, 0.1) is 5.82 Å². The van der Waals surface area contributed by atoms with Gasteiger partial charge in [-0.25, -0.2) is 4.39 Å². The van der Waals surface area contributed by atoms with Crippen molar-refractivity contribution in [2.75, 3.05) is 39.5 Å². The second-order valence-electron chi connectivity index (χ2n) is 8.17. The van der Waals surface area contributed by atoms with E-state index in [0.29, 0.717) is 56.5 Å². The Bertz CT molecular complexity index is 971. The number of nitrogens with zero attached hydrogens (tertiary/aromatic N) is 2. The number of carbonyl (C=O) groups is 2. The molecule has 0 N–H and O–H groups in total. The Morgan fingerprint density at radius 3 is 2.45 bits per heavy atom. The normalized spacial score (nSPS) is 15.8. The highest BCUT2D eigenvalue weighted by atomic mass is 19.1. The third-order valence-corrected chi connectivity index (χ3v) is 5.72. The SMILES string of the molecule is CCOc1cc(C(=O)N(Cc2ccc(F)cc2)C2CC2)ccc1OCC(=O)N1CCOCC1. The van der Waals surface area contributed by atoms with Crippen molar-refractivity contribution in [1.82, 2.24) is 9.80 Å². The van der Waals surface area contributed by atoms with E-state index in [0.717, 1.165) is 18.4 Å². The standard InChI is InChI=1S/C25H29FN2O5/c1-2-32-23-15-19(5-10-22(23)33-17-24(29)27-11-13-31-14-12-27)25(30)28(21-8-9-21)16-18-3-6-20(26)7-4-18/h3-7,10,15,21H,2,8-9,11-14,16-17H2,1H3. The zero-order valence-electron chi connectivity index (χ0n) is 18.8. The van der Waals surface area contributed by atoms with Crippen LogP contribution >= 0.6 is 0 Å². The molecule has 2 aromatic rings. The molecule has 1 aliphatic heterocycles. The molecule has 1 heterocycles. The second kappa shape index (κ2) is 10.7. The molecule has 2 aliphatic rings. The van der Waals surface area contributed by atoms with E-state index in [4.69, 9.17) is 14.2 Å². The van der Waals surface area contributed by atoms with Gasteiger partial charge in [0.05, 0.1) is 19.8 Å². The van der Waals surface area contributed by atoms with Crippen molar-refractivity contribution in [2.45, 2.75) is 32.4 Å². The molecule has 4 rings (SSSR count). The Morgan fingerprint density at radius 1 is 1.06 bits per heavy atom. The maximum atomic E-state index is 13.3. The zero-order chi connectivity index (χ0) is 23.2. The van der Waals surface area contributed by atoms with Gasteiger partial charge < -0.3 is 24.0 Å². The molecule has 8 heteroatoms. The smallest absolute Gasteiger partial charge is 0.260 e. The Labute approximate surface area is 193 Å². The highest BCUT2D eigenvalue weighted by Crippen LogP contribution is 2.33. The molecule has 2 aromatic carbocycles. The zero-order valence-corrected chi connectivity index (χ0v) is 18.8. The first-order valence-corrected chi connectivity index (χ1v) is 11.4. The summed E-state index contributed by atoms with van der Waals surface area (Å²) < 4.78 is 30.0. The van der Waals surface area contributed by atoms with Crippen LogP contribution in [0.5, 0.6) is 11.5 Å². The van der Waals surface area contributed by atoms with Crippen LogP contribution in [0.4, 0.5) is 4.39 Å². The summed E-state index contributed by atoms with van der Waals surface area (Å²) in [7, 11) is 0. The Kier molecular flexibility index (Phi) is 7.44. The van der Waals surface area contributed by atoms with Crippen molar-refractivity contribution in [1.29, 1.82) is 0 Å². The van der Waals surface area contributed by atoms with E-state index in [2.05, 4.69) is 0 Å². The van der Waals surface area contributed by atoms with Crippen LogP contribution < -0.4 is 9.47 Å². The summed E-state index contributed by atoms with van der Waals surface area (Å²) in [6.07, 6.45) is 1.91. The minimum Gasteiger partial charge on any atom is -0.490 e. The fourth-order valence-electron chi connectivity index (χ4n) is 3.78. The molecule has 0 spiro atoms. The molecule has 1 aliphatic carbocycles. The molecular formula is C25H29FN2O5. The number of hydrogen-bond acceptors (Lipinski definition) is 5. The van der Waals surface area contributed by atoms with Crippen molar-refractivity contribution in [2.24, 2.45) is 0 Å². The molecule has 2 amide bonds. The van der Waals surface area contributed by atoms with E-state index in [1.54, 1.807) is 35.2 Å². The average molecular weight is 457 g/mol. The molecule has 0 radical (unpaired) electrons. The number of amides is 2. The van der Waals surface area contributed by atoms with Gasteiger partial charge in [0, 0.05) is 31.2 Å². The Balaban J connectivity index is 1.46. The van der Waals surface area contributed by atoms with Crippen LogP contribution in [0.15, 0.2) is 42.5 Å². The number of benzene rings is 2. The highest BCUT2D eigenvalue weighted by Gasteiger charge is 2.33. The summed E-state index contributed by atoms with van der Waals surface area (Å²) in [5, 5.41) is 0. The minimum atomic E-state index is -0.299. The lowest BCUT2D eigenvalue weighted by Crippen LogP contribution is -2.43. The summed E-state index contributed by atoms with van der Waals surface area (Å²) in [6, 6.07) is 11.4. The van der Waals surface area contributed by atoms with E-state index in [-0.39, 0.29) is 30.3 Å². The largest absolute Gasteiger partial charge is 0.490 e. The Morgan fingerprint density at radius 2 is 1.79 bits per heavy atom. The third-order valence-electron chi connectivity index (χ3n) is 5.72. The summed E-state index contributed by atoms with van der Waals surface area (Å²) in [5.74, 6) is 0.327. The maximum absolute atomic E-state index is 13.3. The quantitative estimate of drug-likeness (QED) is 0.579. The van der Waals surface area contributed by atoms with Crippen LogP contribution in [-0.2, 0) is 16.1 Å². The number of morpholine rings is 1. The fraction of sp³-hybridized carbons (Fsp3) is 0.440. The van der Waals surface area contributed by atoms with Crippen molar-refractivity contribution < 1.29 is 28.2 Å². The highest BCUT2D eigenvalue weighted by molar-refractivity contribution is 5.95. The molecule has 0 bridgehead atoms. The molecule has 1 saturated carbocycles. The second-order valence-corrected chi connectivity index (χ2v) is 8.17. The predicted octanol–water partition coefficient (Wildman–Crippen LogP) is 3.27. The lowest BCUT2D eigenvalue weighted by Gasteiger charge is -2.27. The van der Waals surface area contributed by atoms with E-state index in [1.165, 1.54) is 12.1 Å². The first kappa shape index (κ1) is 23.0. The maximum Gasteiger partial charge on any atom is 0.260 e. The number of carbonyl (C=O) groups excluding carboxylic acids is 2. The van der Waals surface area contributed by atoms with Crippen LogP contribution in [0.1, 0.15) is 35.7 Å². The monoisotopic (exact) mass is 456 g/mol. The fourth-order valence-corrected chi connectivity index (χ4v) is 3.78. The van der Waals surface area contributed by atoms with E-state index < -0.39 is 0 Å². The number of hydrogen-bond donors (Lipinski definition) is 0. The summed E-state index contributed by atoms with van der Waals surface area (Å²) in [4.78, 5) is 29.3. The lowest BCUT2D eigenvalue weighted by atomic mass is 10.1. The molecule has 0 atom stereocenters.